The first-order chi connectivity index (χ1) is 8.32. The maximum Gasteiger partial charge on any atom is 0.167 e. The molecule has 98 valence electrons. The standard InChI is InChI=1S/C14H19NO2S/c1-10(2)14(16,9-15)12(4)18(17)13-7-5-11(3)6-8-13/h5-8,10,12,16H,1-4H3/t12-,14-,18-/m1/s1. The molecule has 1 rings (SSSR count). The highest BCUT2D eigenvalue weighted by atomic mass is 32.2. The number of rotatable bonds is 4. The van der Waals surface area contributed by atoms with E-state index in [-0.39, 0.29) is 5.92 Å². The minimum Gasteiger partial charge on any atom is -0.374 e. The van der Waals surface area contributed by atoms with Gasteiger partial charge in [0.1, 0.15) is 0 Å². The van der Waals surface area contributed by atoms with Gasteiger partial charge in [0.2, 0.25) is 0 Å². The van der Waals surface area contributed by atoms with Crippen LogP contribution < -0.4 is 0 Å². The van der Waals surface area contributed by atoms with E-state index in [1.54, 1.807) is 32.9 Å². The molecule has 0 heterocycles. The van der Waals surface area contributed by atoms with Gasteiger partial charge in [-0.05, 0) is 31.9 Å². The van der Waals surface area contributed by atoms with Crippen molar-refractivity contribution in [2.45, 2.75) is 43.4 Å². The molecule has 0 aliphatic carbocycles. The molecule has 0 aliphatic heterocycles. The summed E-state index contributed by atoms with van der Waals surface area (Å²) < 4.78 is 12.4. The van der Waals surface area contributed by atoms with Gasteiger partial charge in [-0.2, -0.15) is 5.26 Å². The molecule has 0 radical (unpaired) electrons. The largest absolute Gasteiger partial charge is 0.374 e. The molecule has 0 saturated heterocycles. The Morgan fingerprint density at radius 1 is 1.28 bits per heavy atom. The van der Waals surface area contributed by atoms with E-state index in [1.165, 1.54) is 0 Å². The number of hydrogen-bond acceptors (Lipinski definition) is 3. The van der Waals surface area contributed by atoms with Crippen LogP contribution in [0.5, 0.6) is 0 Å². The molecule has 0 aromatic heterocycles. The lowest BCUT2D eigenvalue weighted by molar-refractivity contribution is 0.0517. The molecular formula is C14H19NO2S. The SMILES string of the molecule is Cc1ccc([S@](=O)[C@H](C)[C@@](O)(C#N)C(C)C)cc1. The Balaban J connectivity index is 3.04. The van der Waals surface area contributed by atoms with Gasteiger partial charge in [0, 0.05) is 4.90 Å². The second kappa shape index (κ2) is 5.64. The van der Waals surface area contributed by atoms with Crippen molar-refractivity contribution in [2.24, 2.45) is 5.92 Å². The maximum atomic E-state index is 12.4. The molecule has 0 spiro atoms. The number of aliphatic hydroxyl groups is 1. The minimum atomic E-state index is -1.57. The Morgan fingerprint density at radius 2 is 1.78 bits per heavy atom. The summed E-state index contributed by atoms with van der Waals surface area (Å²) in [6, 6.07) is 9.21. The van der Waals surface area contributed by atoms with Gasteiger partial charge in [-0.15, -0.1) is 0 Å². The smallest absolute Gasteiger partial charge is 0.167 e. The summed E-state index contributed by atoms with van der Waals surface area (Å²) in [4.78, 5) is 0.641. The minimum absolute atomic E-state index is 0.271. The average molecular weight is 265 g/mol. The number of hydrogen-bond donors (Lipinski definition) is 1. The molecule has 0 unspecified atom stereocenters. The Kier molecular flexibility index (Phi) is 4.66. The molecule has 0 fully saturated rings. The molecule has 0 amide bonds. The first-order valence-corrected chi connectivity index (χ1v) is 7.15. The lowest BCUT2D eigenvalue weighted by atomic mass is 9.89. The highest BCUT2D eigenvalue weighted by Gasteiger charge is 2.41. The van der Waals surface area contributed by atoms with Gasteiger partial charge in [0.15, 0.2) is 5.60 Å². The second-order valence-corrected chi connectivity index (χ2v) is 6.62. The van der Waals surface area contributed by atoms with Crippen molar-refractivity contribution < 1.29 is 9.32 Å². The second-order valence-electron chi connectivity index (χ2n) is 4.84. The third-order valence-corrected chi connectivity index (χ3v) is 4.99. The first-order valence-electron chi connectivity index (χ1n) is 5.93. The first kappa shape index (κ1) is 14.9. The third kappa shape index (κ3) is 2.80. The van der Waals surface area contributed by atoms with E-state index in [1.807, 2.05) is 25.1 Å². The summed E-state index contributed by atoms with van der Waals surface area (Å²) in [5.41, 5.74) is -0.488. The van der Waals surface area contributed by atoms with Gasteiger partial charge in [0.25, 0.3) is 0 Å². The quantitative estimate of drug-likeness (QED) is 0.850. The summed E-state index contributed by atoms with van der Waals surface area (Å²) in [6.07, 6.45) is 0. The fourth-order valence-electron chi connectivity index (χ4n) is 1.73. The van der Waals surface area contributed by atoms with Gasteiger partial charge >= 0.3 is 0 Å². The Bertz CT molecular complexity index is 476. The van der Waals surface area contributed by atoms with Gasteiger partial charge in [-0.1, -0.05) is 31.5 Å². The van der Waals surface area contributed by atoms with Crippen molar-refractivity contribution in [3.8, 4) is 6.07 Å². The van der Waals surface area contributed by atoms with Crippen molar-refractivity contribution in [1.82, 2.24) is 0 Å². The van der Waals surface area contributed by atoms with Crippen LogP contribution in [-0.4, -0.2) is 20.2 Å². The van der Waals surface area contributed by atoms with Crippen LogP contribution in [-0.2, 0) is 10.8 Å². The topological polar surface area (TPSA) is 61.1 Å². The fourth-order valence-corrected chi connectivity index (χ4v) is 3.19. The van der Waals surface area contributed by atoms with Crippen molar-refractivity contribution >= 4 is 10.8 Å². The summed E-state index contributed by atoms with van der Waals surface area (Å²) in [5, 5.41) is 18.8. The van der Waals surface area contributed by atoms with E-state index < -0.39 is 21.7 Å². The lowest BCUT2D eigenvalue weighted by Gasteiger charge is -2.30. The van der Waals surface area contributed by atoms with Crippen molar-refractivity contribution in [3.05, 3.63) is 29.8 Å². The molecule has 1 N–H and O–H groups in total. The van der Waals surface area contributed by atoms with Crippen molar-refractivity contribution in [3.63, 3.8) is 0 Å². The molecule has 3 nitrogen and oxygen atoms in total. The number of aryl methyl sites for hydroxylation is 1. The Morgan fingerprint density at radius 3 is 2.17 bits per heavy atom. The zero-order valence-corrected chi connectivity index (χ0v) is 12.0. The van der Waals surface area contributed by atoms with Gasteiger partial charge < -0.3 is 5.11 Å². The van der Waals surface area contributed by atoms with Crippen molar-refractivity contribution in [2.75, 3.05) is 0 Å². The van der Waals surface area contributed by atoms with E-state index in [4.69, 9.17) is 5.26 Å². The molecule has 4 heteroatoms. The number of nitriles is 1. The Hall–Kier alpha value is -1.18. The van der Waals surface area contributed by atoms with Crippen LogP contribution in [0.15, 0.2) is 29.2 Å². The predicted molar refractivity (Wildman–Crippen MR) is 72.5 cm³/mol. The van der Waals surface area contributed by atoms with Crippen LogP contribution in [0.25, 0.3) is 0 Å². The number of nitrogens with zero attached hydrogens (tertiary/aromatic N) is 1. The van der Waals surface area contributed by atoms with Crippen LogP contribution in [0, 0.1) is 24.2 Å². The molecular weight excluding hydrogens is 246 g/mol. The summed E-state index contributed by atoms with van der Waals surface area (Å²) in [7, 11) is -1.40. The lowest BCUT2D eigenvalue weighted by Crippen LogP contribution is -2.46. The van der Waals surface area contributed by atoms with Gasteiger partial charge in [0.05, 0.1) is 22.1 Å². The van der Waals surface area contributed by atoms with E-state index in [2.05, 4.69) is 0 Å². The van der Waals surface area contributed by atoms with Crippen LogP contribution >= 0.6 is 0 Å². The highest BCUT2D eigenvalue weighted by molar-refractivity contribution is 7.85. The molecule has 0 bridgehead atoms. The predicted octanol–water partition coefficient (Wildman–Crippen LogP) is 2.40. The van der Waals surface area contributed by atoms with Crippen LogP contribution in [0.2, 0.25) is 0 Å². The number of benzene rings is 1. The van der Waals surface area contributed by atoms with Crippen molar-refractivity contribution in [1.29, 1.82) is 5.26 Å². The van der Waals surface area contributed by atoms with Gasteiger partial charge in [-0.3, -0.25) is 4.21 Å². The monoisotopic (exact) mass is 265 g/mol. The Labute approximate surface area is 111 Å². The van der Waals surface area contributed by atoms with Crippen LogP contribution in [0.1, 0.15) is 26.3 Å². The molecule has 18 heavy (non-hydrogen) atoms. The highest BCUT2D eigenvalue weighted by Crippen LogP contribution is 2.27. The maximum absolute atomic E-state index is 12.4. The fraction of sp³-hybridized carbons (Fsp3) is 0.500. The van der Waals surface area contributed by atoms with E-state index in [9.17, 15) is 9.32 Å². The zero-order chi connectivity index (χ0) is 13.9. The zero-order valence-electron chi connectivity index (χ0n) is 11.2. The summed E-state index contributed by atoms with van der Waals surface area (Å²) in [5.74, 6) is -0.271. The van der Waals surface area contributed by atoms with E-state index in [0.717, 1.165) is 5.56 Å². The summed E-state index contributed by atoms with van der Waals surface area (Å²) >= 11 is 0. The summed E-state index contributed by atoms with van der Waals surface area (Å²) in [6.45, 7) is 7.12. The van der Waals surface area contributed by atoms with Crippen LogP contribution in [0.3, 0.4) is 0 Å². The molecule has 1 aromatic carbocycles. The van der Waals surface area contributed by atoms with Gasteiger partial charge in [-0.25, -0.2) is 0 Å². The molecule has 0 saturated carbocycles. The molecule has 3 atom stereocenters. The normalized spacial score (nSPS) is 17.8. The molecule has 0 aliphatic rings. The molecule has 1 aromatic rings. The van der Waals surface area contributed by atoms with E-state index >= 15 is 0 Å². The average Bonchev–Trinajstić information content (AvgIpc) is 2.36. The van der Waals surface area contributed by atoms with Crippen LogP contribution in [0.4, 0.5) is 0 Å². The third-order valence-electron chi connectivity index (χ3n) is 3.25. The van der Waals surface area contributed by atoms with E-state index in [0.29, 0.717) is 4.90 Å².